The summed E-state index contributed by atoms with van der Waals surface area (Å²) in [5.41, 5.74) is 4.57. The van der Waals surface area contributed by atoms with Crippen LogP contribution >= 0.6 is 11.6 Å². The molecule has 10 heteroatoms. The molecule has 2 aromatic rings. The van der Waals surface area contributed by atoms with E-state index in [4.69, 9.17) is 22.1 Å². The van der Waals surface area contributed by atoms with Crippen LogP contribution in [0.15, 0.2) is 47.4 Å². The van der Waals surface area contributed by atoms with E-state index in [0.29, 0.717) is 29.7 Å². The Morgan fingerprint density at radius 2 is 1.97 bits per heavy atom. The zero-order valence-electron chi connectivity index (χ0n) is 16.0. The Labute approximate surface area is 178 Å². The Hall–Kier alpha value is -2.23. The first-order valence-corrected chi connectivity index (χ1v) is 11.1. The molecule has 0 bridgehead atoms. The highest BCUT2D eigenvalue weighted by Gasteiger charge is 2.42. The van der Waals surface area contributed by atoms with Crippen molar-refractivity contribution >= 4 is 27.5 Å². The molecule has 1 saturated heterocycles. The van der Waals surface area contributed by atoms with Crippen LogP contribution in [-0.4, -0.2) is 38.3 Å². The third kappa shape index (κ3) is 5.08. The predicted octanol–water partition coefficient (Wildman–Crippen LogP) is 3.34. The van der Waals surface area contributed by atoms with Crippen LogP contribution in [0.1, 0.15) is 19.3 Å². The van der Waals surface area contributed by atoms with E-state index in [0.717, 1.165) is 16.4 Å². The number of rotatable bonds is 7. The van der Waals surface area contributed by atoms with Gasteiger partial charge in [-0.05, 0) is 49.2 Å². The van der Waals surface area contributed by atoms with Crippen LogP contribution in [0.4, 0.5) is 8.78 Å². The molecule has 0 aliphatic carbocycles. The summed E-state index contributed by atoms with van der Waals surface area (Å²) in [7, 11) is -4.10. The summed E-state index contributed by atoms with van der Waals surface area (Å²) in [6.45, 7) is 0.178. The summed E-state index contributed by atoms with van der Waals surface area (Å²) in [5.74, 6) is -2.49. The third-order valence-electron chi connectivity index (χ3n) is 5.05. The Bertz CT molecular complexity index is 1050. The number of carbonyl (C=O) groups is 1. The van der Waals surface area contributed by atoms with Gasteiger partial charge in [-0.3, -0.25) is 4.79 Å². The average Bonchev–Trinajstić information content (AvgIpc) is 2.68. The highest BCUT2D eigenvalue weighted by molar-refractivity contribution is 7.89. The lowest BCUT2D eigenvalue weighted by Crippen LogP contribution is -2.50. The van der Waals surface area contributed by atoms with Crippen molar-refractivity contribution in [2.24, 2.45) is 11.1 Å². The standard InChI is InChI=1S/C20H21ClF2N2O4S/c21-14-3-1-4-15(9-14)29-13-20(11-19(24)26)7-2-8-25(12-20)30(27,28)16-5-6-17(22)18(23)10-16/h1,3-6,9-10H,2,7-8,11-13H2,(H2,24,26). The van der Waals surface area contributed by atoms with Crippen LogP contribution in [-0.2, 0) is 14.8 Å². The number of benzene rings is 2. The van der Waals surface area contributed by atoms with Crippen molar-refractivity contribution < 1.29 is 26.7 Å². The van der Waals surface area contributed by atoms with E-state index in [1.165, 1.54) is 0 Å². The van der Waals surface area contributed by atoms with E-state index < -0.39 is 33.0 Å². The molecule has 162 valence electrons. The highest BCUT2D eigenvalue weighted by Crippen LogP contribution is 2.37. The SMILES string of the molecule is NC(=O)CC1(COc2cccc(Cl)c2)CCCN(S(=O)(=O)c2ccc(F)c(F)c2)C1. The van der Waals surface area contributed by atoms with Gasteiger partial charge in [0.05, 0.1) is 11.5 Å². The number of nitrogens with two attached hydrogens (primary N) is 1. The van der Waals surface area contributed by atoms with Crippen LogP contribution in [0.25, 0.3) is 0 Å². The van der Waals surface area contributed by atoms with Crippen molar-refractivity contribution in [2.75, 3.05) is 19.7 Å². The quantitative estimate of drug-likeness (QED) is 0.689. The first kappa shape index (κ1) is 22.5. The fraction of sp³-hybridized carbons (Fsp3) is 0.350. The fourth-order valence-corrected chi connectivity index (χ4v) is 5.41. The third-order valence-corrected chi connectivity index (χ3v) is 7.12. The zero-order valence-corrected chi connectivity index (χ0v) is 17.6. The topological polar surface area (TPSA) is 89.7 Å². The smallest absolute Gasteiger partial charge is 0.243 e. The Morgan fingerprint density at radius 3 is 2.63 bits per heavy atom. The molecular formula is C20H21ClF2N2O4S. The number of amides is 1. The summed E-state index contributed by atoms with van der Waals surface area (Å²) in [6.07, 6.45) is 0.882. The number of halogens is 3. The van der Waals surface area contributed by atoms with Gasteiger partial charge in [-0.25, -0.2) is 17.2 Å². The highest BCUT2D eigenvalue weighted by atomic mass is 35.5. The van der Waals surface area contributed by atoms with E-state index in [1.54, 1.807) is 24.3 Å². The van der Waals surface area contributed by atoms with Crippen molar-refractivity contribution in [2.45, 2.75) is 24.2 Å². The minimum atomic E-state index is -4.10. The molecule has 6 nitrogen and oxygen atoms in total. The molecule has 30 heavy (non-hydrogen) atoms. The van der Waals surface area contributed by atoms with Crippen LogP contribution < -0.4 is 10.5 Å². The normalized spacial score (nSPS) is 20.1. The second-order valence-electron chi connectivity index (χ2n) is 7.41. The minimum absolute atomic E-state index is 0.0417. The number of sulfonamides is 1. The van der Waals surface area contributed by atoms with E-state index in [2.05, 4.69) is 0 Å². The molecule has 2 N–H and O–H groups in total. The molecule has 1 fully saturated rings. The van der Waals surface area contributed by atoms with Crippen molar-refractivity contribution in [1.29, 1.82) is 0 Å². The molecule has 0 radical (unpaired) electrons. The lowest BCUT2D eigenvalue weighted by atomic mass is 9.78. The molecule has 1 aliphatic heterocycles. The number of hydrogen-bond donors (Lipinski definition) is 1. The molecule has 0 aromatic heterocycles. The van der Waals surface area contributed by atoms with Gasteiger partial charge in [-0.15, -0.1) is 0 Å². The molecule has 0 saturated carbocycles. The van der Waals surface area contributed by atoms with Gasteiger partial charge in [0, 0.05) is 29.9 Å². The number of primary amides is 1. The van der Waals surface area contributed by atoms with Crippen LogP contribution in [0.3, 0.4) is 0 Å². The molecule has 1 atom stereocenters. The van der Waals surface area contributed by atoms with Gasteiger partial charge < -0.3 is 10.5 Å². The van der Waals surface area contributed by atoms with Gasteiger partial charge >= 0.3 is 0 Å². The van der Waals surface area contributed by atoms with E-state index in [1.807, 2.05) is 0 Å². The van der Waals surface area contributed by atoms with Gasteiger partial charge in [0.15, 0.2) is 11.6 Å². The summed E-state index contributed by atoms with van der Waals surface area (Å²) < 4.78 is 59.8. The maximum absolute atomic E-state index is 13.6. The molecule has 1 aliphatic rings. The first-order chi connectivity index (χ1) is 14.1. The molecule has 3 rings (SSSR count). The summed E-state index contributed by atoms with van der Waals surface area (Å²) >= 11 is 5.96. The molecule has 0 spiro atoms. The molecule has 1 heterocycles. The van der Waals surface area contributed by atoms with Crippen LogP contribution in [0.5, 0.6) is 5.75 Å². The number of carbonyl (C=O) groups excluding carboxylic acids is 1. The Balaban J connectivity index is 1.85. The summed E-state index contributed by atoms with van der Waals surface area (Å²) in [6, 6.07) is 9.13. The summed E-state index contributed by atoms with van der Waals surface area (Å²) in [5, 5.41) is 0.475. The van der Waals surface area contributed by atoms with Gasteiger partial charge in [-0.1, -0.05) is 17.7 Å². The van der Waals surface area contributed by atoms with Gasteiger partial charge in [0.1, 0.15) is 5.75 Å². The predicted molar refractivity (Wildman–Crippen MR) is 108 cm³/mol. The number of nitrogens with zero attached hydrogens (tertiary/aromatic N) is 1. The van der Waals surface area contributed by atoms with Gasteiger partial charge in [-0.2, -0.15) is 4.31 Å². The fourth-order valence-electron chi connectivity index (χ4n) is 3.63. The second kappa shape index (κ2) is 8.87. The maximum atomic E-state index is 13.6. The number of hydrogen-bond acceptors (Lipinski definition) is 4. The van der Waals surface area contributed by atoms with Crippen LogP contribution in [0.2, 0.25) is 5.02 Å². The van der Waals surface area contributed by atoms with Crippen molar-refractivity contribution in [3.63, 3.8) is 0 Å². The van der Waals surface area contributed by atoms with E-state index in [9.17, 15) is 22.0 Å². The zero-order chi connectivity index (χ0) is 21.9. The second-order valence-corrected chi connectivity index (χ2v) is 9.78. The van der Waals surface area contributed by atoms with E-state index >= 15 is 0 Å². The van der Waals surface area contributed by atoms with E-state index in [-0.39, 0.29) is 31.0 Å². The monoisotopic (exact) mass is 458 g/mol. The molecule has 1 unspecified atom stereocenters. The van der Waals surface area contributed by atoms with Gasteiger partial charge in [0.25, 0.3) is 0 Å². The molecular weight excluding hydrogens is 438 g/mol. The molecule has 2 aromatic carbocycles. The lowest BCUT2D eigenvalue weighted by molar-refractivity contribution is -0.121. The van der Waals surface area contributed by atoms with Crippen molar-refractivity contribution in [1.82, 2.24) is 4.31 Å². The first-order valence-electron chi connectivity index (χ1n) is 9.23. The maximum Gasteiger partial charge on any atom is 0.243 e. The molecule has 1 amide bonds. The minimum Gasteiger partial charge on any atom is -0.493 e. The number of ether oxygens (including phenoxy) is 1. The van der Waals surface area contributed by atoms with Crippen LogP contribution in [0, 0.1) is 17.0 Å². The summed E-state index contributed by atoms with van der Waals surface area (Å²) in [4.78, 5) is 11.4. The Morgan fingerprint density at radius 1 is 1.20 bits per heavy atom. The lowest BCUT2D eigenvalue weighted by Gasteiger charge is -2.41. The van der Waals surface area contributed by atoms with Gasteiger partial charge in [0.2, 0.25) is 15.9 Å². The van der Waals surface area contributed by atoms with Crippen molar-refractivity contribution in [3.8, 4) is 5.75 Å². The van der Waals surface area contributed by atoms with Crippen molar-refractivity contribution in [3.05, 3.63) is 59.1 Å². The average molecular weight is 459 g/mol. The largest absolute Gasteiger partial charge is 0.493 e. The number of piperidine rings is 1. The Kier molecular flexibility index (Phi) is 6.64.